The van der Waals surface area contributed by atoms with Crippen molar-refractivity contribution >= 4 is 11.9 Å². The van der Waals surface area contributed by atoms with E-state index < -0.39 is 5.97 Å². The average Bonchev–Trinajstić information content (AvgIpc) is 2.65. The second-order valence-corrected chi connectivity index (χ2v) is 5.74. The summed E-state index contributed by atoms with van der Waals surface area (Å²) in [6.45, 7) is 2.21. The van der Waals surface area contributed by atoms with Crippen LogP contribution in [0.5, 0.6) is 11.5 Å². The molecule has 0 aliphatic carbocycles. The smallest absolute Gasteiger partial charge is 0.338 e. The minimum atomic E-state index is -0.527. The number of benzene rings is 2. The monoisotopic (exact) mass is 341 g/mol. The number of amides is 1. The molecule has 0 saturated heterocycles. The van der Waals surface area contributed by atoms with Gasteiger partial charge in [0, 0.05) is 0 Å². The molecule has 1 aliphatic rings. The first-order valence-corrected chi connectivity index (χ1v) is 8.01. The molecule has 1 heterocycles. The summed E-state index contributed by atoms with van der Waals surface area (Å²) < 4.78 is 16.3. The molecule has 3 rings (SSSR count). The van der Waals surface area contributed by atoms with E-state index in [1.54, 1.807) is 12.1 Å². The predicted octanol–water partition coefficient (Wildman–Crippen LogP) is 2.11. The predicted molar refractivity (Wildman–Crippen MR) is 90.8 cm³/mol. The van der Waals surface area contributed by atoms with E-state index in [4.69, 9.17) is 14.2 Å². The summed E-state index contributed by atoms with van der Waals surface area (Å²) in [5.41, 5.74) is 1.46. The molecule has 6 heteroatoms. The number of ether oxygens (including phenoxy) is 3. The number of nitrogens with one attached hydrogen (secondary N) is 1. The zero-order valence-corrected chi connectivity index (χ0v) is 13.9. The maximum absolute atomic E-state index is 11.9. The van der Waals surface area contributed by atoms with Crippen molar-refractivity contribution in [3.8, 4) is 11.5 Å². The molecule has 2 aromatic rings. The number of carbonyl (C=O) groups excluding carboxylic acids is 2. The van der Waals surface area contributed by atoms with E-state index in [0.29, 0.717) is 23.7 Å². The topological polar surface area (TPSA) is 73.9 Å². The van der Waals surface area contributed by atoms with Gasteiger partial charge in [-0.15, -0.1) is 0 Å². The lowest BCUT2D eigenvalue weighted by atomic mass is 10.1. The molecule has 25 heavy (non-hydrogen) atoms. The first-order chi connectivity index (χ1) is 12.1. The van der Waals surface area contributed by atoms with Gasteiger partial charge in [-0.3, -0.25) is 4.79 Å². The Hall–Kier alpha value is -3.02. The first-order valence-electron chi connectivity index (χ1n) is 8.01. The van der Waals surface area contributed by atoms with Crippen LogP contribution < -0.4 is 14.8 Å². The molecule has 0 bridgehead atoms. The Morgan fingerprint density at radius 1 is 1.12 bits per heavy atom. The fourth-order valence-electron chi connectivity index (χ4n) is 2.35. The highest BCUT2D eigenvalue weighted by Gasteiger charge is 2.21. The fraction of sp³-hybridized carbons (Fsp3) is 0.263. The number of hydrogen-bond donors (Lipinski definition) is 1. The molecular weight excluding hydrogens is 322 g/mol. The van der Waals surface area contributed by atoms with Gasteiger partial charge in [-0.05, 0) is 31.2 Å². The van der Waals surface area contributed by atoms with Crippen LogP contribution in [0.25, 0.3) is 0 Å². The van der Waals surface area contributed by atoms with Gasteiger partial charge < -0.3 is 19.5 Å². The molecular formula is C19H19NO5. The summed E-state index contributed by atoms with van der Waals surface area (Å²) in [4.78, 5) is 23.7. The van der Waals surface area contributed by atoms with Gasteiger partial charge in [0.1, 0.15) is 12.7 Å². The number of fused-ring (bicyclic) bond motifs is 1. The average molecular weight is 341 g/mol. The molecule has 1 amide bonds. The molecule has 2 aromatic carbocycles. The third kappa shape index (κ3) is 4.50. The maximum Gasteiger partial charge on any atom is 0.338 e. The zero-order valence-electron chi connectivity index (χ0n) is 13.9. The van der Waals surface area contributed by atoms with Crippen LogP contribution in [0.15, 0.2) is 48.5 Å². The fourth-order valence-corrected chi connectivity index (χ4v) is 2.35. The molecule has 0 saturated carbocycles. The second-order valence-electron chi connectivity index (χ2n) is 5.74. The van der Waals surface area contributed by atoms with Crippen molar-refractivity contribution in [1.82, 2.24) is 5.32 Å². The van der Waals surface area contributed by atoms with Crippen LogP contribution in [0.3, 0.4) is 0 Å². The summed E-state index contributed by atoms with van der Waals surface area (Å²) in [6, 6.07) is 14.3. The summed E-state index contributed by atoms with van der Waals surface area (Å²) >= 11 is 0. The molecule has 0 aromatic heterocycles. The van der Waals surface area contributed by atoms with E-state index >= 15 is 0 Å². The van der Waals surface area contributed by atoms with Crippen LogP contribution >= 0.6 is 0 Å². The Morgan fingerprint density at radius 3 is 2.60 bits per heavy atom. The minimum Gasteiger partial charge on any atom is -0.486 e. The number of esters is 1. The van der Waals surface area contributed by atoms with Crippen molar-refractivity contribution in [1.29, 1.82) is 0 Å². The van der Waals surface area contributed by atoms with Gasteiger partial charge in [-0.2, -0.15) is 0 Å². The van der Waals surface area contributed by atoms with Gasteiger partial charge in [-0.25, -0.2) is 4.79 Å². The summed E-state index contributed by atoms with van der Waals surface area (Å²) in [5.74, 6) is 0.431. The number of aryl methyl sites for hydroxylation is 1. The number of hydrogen-bond acceptors (Lipinski definition) is 5. The molecule has 0 spiro atoms. The lowest BCUT2D eigenvalue weighted by molar-refractivity contribution is -0.124. The van der Waals surface area contributed by atoms with E-state index in [1.807, 2.05) is 43.3 Å². The molecule has 130 valence electrons. The van der Waals surface area contributed by atoms with Crippen molar-refractivity contribution in [2.75, 3.05) is 19.8 Å². The summed E-state index contributed by atoms with van der Waals surface area (Å²) in [7, 11) is 0. The SMILES string of the molecule is Cc1ccc(C(=O)OCC(=O)NC[C@H]2COc3ccccc3O2)cc1. The van der Waals surface area contributed by atoms with Gasteiger partial charge in [0.05, 0.1) is 12.1 Å². The summed E-state index contributed by atoms with van der Waals surface area (Å²) in [5, 5.41) is 2.68. The van der Waals surface area contributed by atoms with Gasteiger partial charge in [0.15, 0.2) is 18.1 Å². The van der Waals surface area contributed by atoms with Gasteiger partial charge >= 0.3 is 5.97 Å². The molecule has 1 atom stereocenters. The molecule has 6 nitrogen and oxygen atoms in total. The van der Waals surface area contributed by atoms with Crippen LogP contribution in [0.1, 0.15) is 15.9 Å². The Balaban J connectivity index is 1.41. The van der Waals surface area contributed by atoms with Crippen LogP contribution in [0, 0.1) is 6.92 Å². The second kappa shape index (κ2) is 7.70. The van der Waals surface area contributed by atoms with Crippen molar-refractivity contribution in [2.45, 2.75) is 13.0 Å². The van der Waals surface area contributed by atoms with Crippen molar-refractivity contribution in [3.63, 3.8) is 0 Å². The van der Waals surface area contributed by atoms with Gasteiger partial charge in [-0.1, -0.05) is 29.8 Å². The Labute approximate surface area is 145 Å². The summed E-state index contributed by atoms with van der Waals surface area (Å²) in [6.07, 6.45) is -0.286. The van der Waals surface area contributed by atoms with E-state index in [0.717, 1.165) is 5.56 Å². The maximum atomic E-state index is 11.9. The number of carbonyl (C=O) groups is 2. The molecule has 1 aliphatic heterocycles. The van der Waals surface area contributed by atoms with Gasteiger partial charge in [0.2, 0.25) is 0 Å². The van der Waals surface area contributed by atoms with Crippen molar-refractivity contribution in [2.24, 2.45) is 0 Å². The lowest BCUT2D eigenvalue weighted by Crippen LogP contribution is -2.42. The highest BCUT2D eigenvalue weighted by atomic mass is 16.6. The highest BCUT2D eigenvalue weighted by Crippen LogP contribution is 2.30. The molecule has 0 fully saturated rings. The Morgan fingerprint density at radius 2 is 1.84 bits per heavy atom. The third-order valence-corrected chi connectivity index (χ3v) is 3.72. The molecule has 0 unspecified atom stereocenters. The Bertz CT molecular complexity index is 757. The van der Waals surface area contributed by atoms with Crippen LogP contribution in [0.2, 0.25) is 0 Å². The molecule has 1 N–H and O–H groups in total. The highest BCUT2D eigenvalue weighted by molar-refractivity contribution is 5.91. The quantitative estimate of drug-likeness (QED) is 0.843. The lowest BCUT2D eigenvalue weighted by Gasteiger charge is -2.26. The van der Waals surface area contributed by atoms with Crippen LogP contribution in [-0.4, -0.2) is 37.7 Å². The van der Waals surface area contributed by atoms with E-state index in [1.165, 1.54) is 0 Å². The van der Waals surface area contributed by atoms with E-state index in [-0.39, 0.29) is 25.2 Å². The van der Waals surface area contributed by atoms with Gasteiger partial charge in [0.25, 0.3) is 5.91 Å². The normalized spacial score (nSPS) is 15.3. The number of para-hydroxylation sites is 2. The third-order valence-electron chi connectivity index (χ3n) is 3.72. The standard InChI is InChI=1S/C19H19NO5/c1-13-6-8-14(9-7-13)19(22)24-12-18(21)20-10-15-11-23-16-4-2-3-5-17(16)25-15/h2-9,15H,10-12H2,1H3,(H,20,21)/t15-/m0/s1. The number of rotatable bonds is 5. The largest absolute Gasteiger partial charge is 0.486 e. The zero-order chi connectivity index (χ0) is 17.6. The molecule has 0 radical (unpaired) electrons. The Kier molecular flexibility index (Phi) is 5.18. The van der Waals surface area contributed by atoms with Crippen molar-refractivity contribution < 1.29 is 23.8 Å². The van der Waals surface area contributed by atoms with Crippen LogP contribution in [0.4, 0.5) is 0 Å². The van der Waals surface area contributed by atoms with Crippen LogP contribution in [-0.2, 0) is 9.53 Å². The van der Waals surface area contributed by atoms with E-state index in [9.17, 15) is 9.59 Å². The van der Waals surface area contributed by atoms with Crippen molar-refractivity contribution in [3.05, 3.63) is 59.7 Å². The van der Waals surface area contributed by atoms with E-state index in [2.05, 4.69) is 5.32 Å². The minimum absolute atomic E-state index is 0.273. The first kappa shape index (κ1) is 16.8.